The van der Waals surface area contributed by atoms with Gasteiger partial charge < -0.3 is 23.7 Å². The number of hydrogen-bond donors (Lipinski definition) is 1. The number of carbonyl (C=O) groups is 1. The fraction of sp³-hybridized carbons (Fsp3) is 0.154. The van der Waals surface area contributed by atoms with Gasteiger partial charge in [0.2, 0.25) is 0 Å². The van der Waals surface area contributed by atoms with E-state index >= 15 is 0 Å². The molecule has 4 rings (SSSR count). The number of ether oxygens (including phenoxy) is 3. The fourth-order valence-corrected chi connectivity index (χ4v) is 4.29. The number of aryl methyl sites for hydroxylation is 1. The maximum absolute atomic E-state index is 12.7. The van der Waals surface area contributed by atoms with Crippen LogP contribution >= 0.6 is 0 Å². The second-order valence-electron chi connectivity index (χ2n) is 7.74. The van der Waals surface area contributed by atoms with Gasteiger partial charge in [-0.1, -0.05) is 23.8 Å². The van der Waals surface area contributed by atoms with Crippen LogP contribution in [0.25, 0.3) is 6.08 Å². The number of nitrogens with zero attached hydrogens (tertiary/aromatic N) is 1. The summed E-state index contributed by atoms with van der Waals surface area (Å²) in [5.41, 5.74) is 1.61. The van der Waals surface area contributed by atoms with E-state index in [4.69, 9.17) is 18.4 Å². The Labute approximate surface area is 208 Å². The van der Waals surface area contributed by atoms with Gasteiger partial charge in [-0.05, 0) is 55.0 Å². The van der Waals surface area contributed by atoms with Crippen LogP contribution in [0.2, 0.25) is 0 Å². The molecule has 9 nitrogen and oxygen atoms in total. The summed E-state index contributed by atoms with van der Waals surface area (Å²) >= 11 is 0. The average Bonchev–Trinajstić information content (AvgIpc) is 2.88. The lowest BCUT2D eigenvalue weighted by Crippen LogP contribution is -2.17. The zero-order valence-electron chi connectivity index (χ0n) is 19.5. The zero-order chi connectivity index (χ0) is 25.7. The number of nitrogens with one attached hydrogen (secondary N) is 1. The van der Waals surface area contributed by atoms with Crippen molar-refractivity contribution >= 4 is 27.8 Å². The summed E-state index contributed by atoms with van der Waals surface area (Å²) in [6.45, 7) is 2.70. The SMILES string of the molecule is COc1cc(C=C(C#N)C(=O)Nc2ccc3c(c2)OCCO3)ccc1OS(=O)(=O)c1ccc(C)cc1. The van der Waals surface area contributed by atoms with Crippen molar-refractivity contribution in [2.24, 2.45) is 0 Å². The van der Waals surface area contributed by atoms with Gasteiger partial charge in [0, 0.05) is 11.8 Å². The summed E-state index contributed by atoms with van der Waals surface area (Å²) in [5, 5.41) is 12.2. The Morgan fingerprint density at radius 3 is 2.42 bits per heavy atom. The highest BCUT2D eigenvalue weighted by Crippen LogP contribution is 2.33. The van der Waals surface area contributed by atoms with Crippen molar-refractivity contribution in [2.75, 3.05) is 25.6 Å². The molecule has 0 saturated carbocycles. The summed E-state index contributed by atoms with van der Waals surface area (Å²) in [6, 6.07) is 17.4. The van der Waals surface area contributed by atoms with Gasteiger partial charge in [-0.3, -0.25) is 4.79 Å². The molecule has 0 aliphatic carbocycles. The lowest BCUT2D eigenvalue weighted by Gasteiger charge is -2.18. The maximum atomic E-state index is 12.7. The lowest BCUT2D eigenvalue weighted by molar-refractivity contribution is -0.112. The van der Waals surface area contributed by atoms with Gasteiger partial charge in [0.05, 0.1) is 7.11 Å². The van der Waals surface area contributed by atoms with E-state index in [9.17, 15) is 18.5 Å². The largest absolute Gasteiger partial charge is 0.493 e. The topological polar surface area (TPSA) is 124 Å². The number of methoxy groups -OCH3 is 1. The third-order valence-electron chi connectivity index (χ3n) is 5.17. The van der Waals surface area contributed by atoms with Gasteiger partial charge in [0.15, 0.2) is 23.0 Å². The summed E-state index contributed by atoms with van der Waals surface area (Å²) < 4.78 is 46.8. The number of rotatable bonds is 7. The molecule has 1 N–H and O–H groups in total. The van der Waals surface area contributed by atoms with Crippen molar-refractivity contribution in [1.29, 1.82) is 5.26 Å². The first-order valence-corrected chi connectivity index (χ1v) is 12.2. The van der Waals surface area contributed by atoms with Crippen molar-refractivity contribution in [1.82, 2.24) is 0 Å². The van der Waals surface area contributed by atoms with E-state index in [0.29, 0.717) is 36.0 Å². The van der Waals surface area contributed by atoms with Crippen LogP contribution in [0, 0.1) is 18.3 Å². The number of carbonyl (C=O) groups excluding carboxylic acids is 1. The first-order valence-electron chi connectivity index (χ1n) is 10.8. The lowest BCUT2D eigenvalue weighted by atomic mass is 10.1. The minimum Gasteiger partial charge on any atom is -0.493 e. The zero-order valence-corrected chi connectivity index (χ0v) is 20.3. The molecule has 0 saturated heterocycles. The number of fused-ring (bicyclic) bond motifs is 1. The van der Waals surface area contributed by atoms with Crippen LogP contribution < -0.4 is 23.7 Å². The van der Waals surface area contributed by atoms with Crippen molar-refractivity contribution in [3.8, 4) is 29.1 Å². The second kappa shape index (κ2) is 10.4. The third kappa shape index (κ3) is 5.59. The summed E-state index contributed by atoms with van der Waals surface area (Å²) in [7, 11) is -2.73. The van der Waals surface area contributed by atoms with Crippen LogP contribution in [0.4, 0.5) is 5.69 Å². The van der Waals surface area contributed by atoms with Gasteiger partial charge in [0.1, 0.15) is 29.8 Å². The van der Waals surface area contributed by atoms with Gasteiger partial charge in [-0.25, -0.2) is 0 Å². The standard InChI is InChI=1S/C26H22N2O7S/c1-17-3-7-21(8-4-17)36(30,31)35-23-9-5-18(14-24(23)32-2)13-19(16-27)26(29)28-20-6-10-22-25(15-20)34-12-11-33-22/h3-10,13-15H,11-12H2,1-2H3,(H,28,29). The highest BCUT2D eigenvalue weighted by atomic mass is 32.2. The Morgan fingerprint density at radius 2 is 1.72 bits per heavy atom. The molecular formula is C26H22N2O7S. The molecule has 10 heteroatoms. The smallest absolute Gasteiger partial charge is 0.339 e. The Kier molecular flexibility index (Phi) is 7.12. The number of benzene rings is 3. The van der Waals surface area contributed by atoms with Crippen molar-refractivity contribution in [3.05, 3.63) is 77.4 Å². The Morgan fingerprint density at radius 1 is 1.00 bits per heavy atom. The quantitative estimate of drug-likeness (QED) is 0.289. The molecule has 1 amide bonds. The molecule has 0 atom stereocenters. The molecule has 184 valence electrons. The van der Waals surface area contributed by atoms with Gasteiger partial charge in [-0.2, -0.15) is 13.7 Å². The number of nitriles is 1. The van der Waals surface area contributed by atoms with E-state index in [0.717, 1.165) is 5.56 Å². The molecule has 0 unspecified atom stereocenters. The van der Waals surface area contributed by atoms with Gasteiger partial charge in [0.25, 0.3) is 5.91 Å². The first kappa shape index (κ1) is 24.6. The van der Waals surface area contributed by atoms with Gasteiger partial charge in [-0.15, -0.1) is 0 Å². The summed E-state index contributed by atoms with van der Waals surface area (Å²) in [6.07, 6.45) is 1.36. The Bertz CT molecular complexity index is 1470. The highest BCUT2D eigenvalue weighted by molar-refractivity contribution is 7.87. The van der Waals surface area contributed by atoms with Crippen LogP contribution in [-0.4, -0.2) is 34.6 Å². The van der Waals surface area contributed by atoms with E-state index < -0.39 is 16.0 Å². The third-order valence-corrected chi connectivity index (χ3v) is 6.42. The fourth-order valence-electron chi connectivity index (χ4n) is 3.35. The molecule has 1 aliphatic heterocycles. The Balaban J connectivity index is 1.53. The minimum absolute atomic E-state index is 0.00158. The monoisotopic (exact) mass is 506 g/mol. The maximum Gasteiger partial charge on any atom is 0.339 e. The number of amides is 1. The van der Waals surface area contributed by atoms with Crippen LogP contribution in [-0.2, 0) is 14.9 Å². The van der Waals surface area contributed by atoms with Crippen LogP contribution in [0.1, 0.15) is 11.1 Å². The number of hydrogen-bond acceptors (Lipinski definition) is 8. The summed E-state index contributed by atoms with van der Waals surface area (Å²) in [4.78, 5) is 12.7. The predicted molar refractivity (Wildman–Crippen MR) is 132 cm³/mol. The van der Waals surface area contributed by atoms with Crippen LogP contribution in [0.3, 0.4) is 0 Å². The van der Waals surface area contributed by atoms with E-state index in [-0.39, 0.29) is 22.0 Å². The normalized spacial score (nSPS) is 12.9. The van der Waals surface area contributed by atoms with Crippen LogP contribution in [0.5, 0.6) is 23.0 Å². The predicted octanol–water partition coefficient (Wildman–Crippen LogP) is 4.09. The van der Waals surface area contributed by atoms with E-state index in [1.54, 1.807) is 30.3 Å². The molecule has 0 fully saturated rings. The van der Waals surface area contributed by atoms with Crippen molar-refractivity contribution in [2.45, 2.75) is 11.8 Å². The van der Waals surface area contributed by atoms with E-state index in [2.05, 4.69) is 5.32 Å². The Hall–Kier alpha value is -4.49. The molecule has 1 heterocycles. The molecule has 0 aromatic heterocycles. The van der Waals surface area contributed by atoms with E-state index in [1.807, 2.05) is 13.0 Å². The van der Waals surface area contributed by atoms with Crippen molar-refractivity contribution < 1.29 is 31.6 Å². The second-order valence-corrected chi connectivity index (χ2v) is 9.29. The number of anilines is 1. The molecular weight excluding hydrogens is 484 g/mol. The van der Waals surface area contributed by atoms with E-state index in [1.165, 1.54) is 43.5 Å². The molecule has 0 spiro atoms. The molecule has 36 heavy (non-hydrogen) atoms. The highest BCUT2D eigenvalue weighted by Gasteiger charge is 2.20. The van der Waals surface area contributed by atoms with Crippen molar-refractivity contribution in [3.63, 3.8) is 0 Å². The molecule has 3 aromatic carbocycles. The van der Waals surface area contributed by atoms with Gasteiger partial charge >= 0.3 is 10.1 Å². The van der Waals surface area contributed by atoms with Crippen LogP contribution in [0.15, 0.2) is 71.1 Å². The molecule has 0 bridgehead atoms. The summed E-state index contributed by atoms with van der Waals surface area (Å²) in [5.74, 6) is 0.533. The minimum atomic E-state index is -4.09. The molecule has 3 aromatic rings. The molecule has 0 radical (unpaired) electrons. The first-order chi connectivity index (χ1) is 17.3. The molecule has 1 aliphatic rings. The average molecular weight is 507 g/mol.